The Morgan fingerprint density at radius 3 is 2.48 bits per heavy atom. The third kappa shape index (κ3) is 3.52. The molecule has 0 bridgehead atoms. The van der Waals surface area contributed by atoms with E-state index in [0.717, 1.165) is 4.88 Å². The highest BCUT2D eigenvalue weighted by Gasteiger charge is 2.31. The van der Waals surface area contributed by atoms with Crippen molar-refractivity contribution >= 4 is 38.4 Å². The second-order valence-corrected chi connectivity index (χ2v) is 10.1. The fourth-order valence-electron chi connectivity index (χ4n) is 3.49. The van der Waals surface area contributed by atoms with Crippen molar-refractivity contribution in [2.24, 2.45) is 0 Å². The standard InChI is InChI=1S/C19H21N3O5S2/c1-3-22-15-6-5-14(12-16(15)27-19(22)24)29(25,26)21-10-8-20(9-11-21)18(23)17-7-4-13(2)28-17/h4-7,12H,3,8-11H2,1-2H3. The Balaban J connectivity index is 1.52. The zero-order valence-corrected chi connectivity index (χ0v) is 17.8. The summed E-state index contributed by atoms with van der Waals surface area (Å²) in [5, 5.41) is 0. The van der Waals surface area contributed by atoms with Crippen molar-refractivity contribution in [3.63, 3.8) is 0 Å². The molecule has 3 aromatic rings. The van der Waals surface area contributed by atoms with E-state index in [1.807, 2.05) is 19.9 Å². The number of benzene rings is 1. The lowest BCUT2D eigenvalue weighted by molar-refractivity contribution is 0.0703. The van der Waals surface area contributed by atoms with Crippen LogP contribution in [0.25, 0.3) is 11.1 Å². The van der Waals surface area contributed by atoms with Gasteiger partial charge in [-0.2, -0.15) is 4.31 Å². The van der Waals surface area contributed by atoms with Gasteiger partial charge in [0.25, 0.3) is 5.91 Å². The summed E-state index contributed by atoms with van der Waals surface area (Å²) < 4.78 is 34.1. The smallest absolute Gasteiger partial charge is 0.408 e. The molecule has 0 saturated carbocycles. The summed E-state index contributed by atoms with van der Waals surface area (Å²) in [7, 11) is -3.75. The first-order valence-electron chi connectivity index (χ1n) is 9.30. The minimum atomic E-state index is -3.75. The molecule has 1 fully saturated rings. The van der Waals surface area contributed by atoms with Crippen molar-refractivity contribution in [3.05, 3.63) is 50.6 Å². The number of amides is 1. The number of aryl methyl sites for hydroxylation is 2. The van der Waals surface area contributed by atoms with Gasteiger partial charge in [-0.3, -0.25) is 9.36 Å². The molecule has 1 aliphatic heterocycles. The number of sulfonamides is 1. The highest BCUT2D eigenvalue weighted by Crippen LogP contribution is 2.24. The maximum Gasteiger partial charge on any atom is 0.419 e. The van der Waals surface area contributed by atoms with Gasteiger partial charge in [0.15, 0.2) is 5.58 Å². The van der Waals surface area contributed by atoms with Crippen LogP contribution in [0, 0.1) is 6.92 Å². The molecular formula is C19H21N3O5S2. The van der Waals surface area contributed by atoms with Gasteiger partial charge in [-0.1, -0.05) is 0 Å². The first-order chi connectivity index (χ1) is 13.8. The monoisotopic (exact) mass is 435 g/mol. The number of thiophene rings is 1. The van der Waals surface area contributed by atoms with E-state index in [1.54, 1.807) is 17.0 Å². The van der Waals surface area contributed by atoms with E-state index in [9.17, 15) is 18.0 Å². The van der Waals surface area contributed by atoms with Crippen molar-refractivity contribution in [1.82, 2.24) is 13.8 Å². The number of aromatic nitrogens is 1. The molecule has 1 aromatic carbocycles. The van der Waals surface area contributed by atoms with Crippen LogP contribution in [0.15, 0.2) is 44.4 Å². The van der Waals surface area contributed by atoms with Crippen LogP contribution in [0.5, 0.6) is 0 Å². The Morgan fingerprint density at radius 2 is 1.86 bits per heavy atom. The van der Waals surface area contributed by atoms with Crippen molar-refractivity contribution in [2.45, 2.75) is 25.3 Å². The second-order valence-electron chi connectivity index (χ2n) is 6.85. The highest BCUT2D eigenvalue weighted by atomic mass is 32.2. The number of piperazine rings is 1. The molecule has 0 spiro atoms. The Morgan fingerprint density at radius 1 is 1.14 bits per heavy atom. The quantitative estimate of drug-likeness (QED) is 0.626. The number of carbonyl (C=O) groups excluding carboxylic acids is 1. The second kappa shape index (κ2) is 7.43. The molecule has 1 amide bonds. The molecule has 154 valence electrons. The average Bonchev–Trinajstić information content (AvgIpc) is 3.28. The van der Waals surface area contributed by atoms with Crippen LogP contribution in [0.1, 0.15) is 21.5 Å². The molecule has 0 N–H and O–H groups in total. The van der Waals surface area contributed by atoms with Crippen LogP contribution < -0.4 is 5.76 Å². The Bertz CT molecular complexity index is 1230. The minimum absolute atomic E-state index is 0.0655. The van der Waals surface area contributed by atoms with E-state index in [2.05, 4.69) is 0 Å². The van der Waals surface area contributed by atoms with Crippen molar-refractivity contribution in [1.29, 1.82) is 0 Å². The number of nitrogens with zero attached hydrogens (tertiary/aromatic N) is 3. The highest BCUT2D eigenvalue weighted by molar-refractivity contribution is 7.89. The largest absolute Gasteiger partial charge is 0.419 e. The predicted octanol–water partition coefficient (Wildman–Crippen LogP) is 2.13. The van der Waals surface area contributed by atoms with Gasteiger partial charge >= 0.3 is 5.76 Å². The van der Waals surface area contributed by atoms with E-state index >= 15 is 0 Å². The molecular weight excluding hydrogens is 414 g/mol. The topological polar surface area (TPSA) is 92.8 Å². The maximum atomic E-state index is 13.0. The molecule has 29 heavy (non-hydrogen) atoms. The van der Waals surface area contributed by atoms with Crippen molar-refractivity contribution in [2.75, 3.05) is 26.2 Å². The van der Waals surface area contributed by atoms with Crippen LogP contribution in [0.3, 0.4) is 0 Å². The molecule has 4 rings (SSSR count). The lowest BCUT2D eigenvalue weighted by Gasteiger charge is -2.33. The van der Waals surface area contributed by atoms with E-state index in [1.165, 1.54) is 32.3 Å². The lowest BCUT2D eigenvalue weighted by atomic mass is 10.3. The van der Waals surface area contributed by atoms with E-state index in [4.69, 9.17) is 4.42 Å². The molecule has 2 aromatic heterocycles. The minimum Gasteiger partial charge on any atom is -0.408 e. The normalized spacial score (nSPS) is 15.9. The van der Waals surface area contributed by atoms with E-state index < -0.39 is 15.8 Å². The summed E-state index contributed by atoms with van der Waals surface area (Å²) in [5.41, 5.74) is 0.818. The van der Waals surface area contributed by atoms with Crippen LogP contribution in [-0.2, 0) is 16.6 Å². The predicted molar refractivity (Wildman–Crippen MR) is 110 cm³/mol. The summed E-state index contributed by atoms with van der Waals surface area (Å²) in [5.74, 6) is -0.572. The fourth-order valence-corrected chi connectivity index (χ4v) is 5.77. The summed E-state index contributed by atoms with van der Waals surface area (Å²) in [6.07, 6.45) is 0. The van der Waals surface area contributed by atoms with Crippen molar-refractivity contribution < 1.29 is 17.6 Å². The molecule has 1 aliphatic rings. The van der Waals surface area contributed by atoms with Crippen LogP contribution in [0.2, 0.25) is 0 Å². The maximum absolute atomic E-state index is 13.0. The Kier molecular flexibility index (Phi) is 5.09. The van der Waals surface area contributed by atoms with Gasteiger partial charge in [0.2, 0.25) is 10.0 Å². The zero-order chi connectivity index (χ0) is 20.8. The summed E-state index contributed by atoms with van der Waals surface area (Å²) in [4.78, 5) is 27.9. The molecule has 10 heteroatoms. The Labute approximate surface area is 172 Å². The number of fused-ring (bicyclic) bond motifs is 1. The van der Waals surface area contributed by atoms with Gasteiger partial charge < -0.3 is 9.32 Å². The van der Waals surface area contributed by atoms with Crippen LogP contribution >= 0.6 is 11.3 Å². The number of hydrogen-bond acceptors (Lipinski definition) is 6. The number of hydrogen-bond donors (Lipinski definition) is 0. The van der Waals surface area contributed by atoms with Crippen molar-refractivity contribution in [3.8, 4) is 0 Å². The van der Waals surface area contributed by atoms with Gasteiger partial charge in [-0.15, -0.1) is 11.3 Å². The first kappa shape index (κ1) is 19.9. The van der Waals surface area contributed by atoms with E-state index in [0.29, 0.717) is 30.0 Å². The third-order valence-corrected chi connectivity index (χ3v) is 7.95. The Hall–Kier alpha value is -2.43. The molecule has 0 aliphatic carbocycles. The summed E-state index contributed by atoms with van der Waals surface area (Å²) in [6.45, 7) is 5.31. The number of rotatable bonds is 4. The van der Waals surface area contributed by atoms with Gasteiger partial charge in [-0.25, -0.2) is 13.2 Å². The molecule has 0 atom stereocenters. The SMILES string of the molecule is CCn1c(=O)oc2cc(S(=O)(=O)N3CCN(C(=O)c4ccc(C)s4)CC3)ccc21. The average molecular weight is 436 g/mol. The van der Waals surface area contributed by atoms with E-state index in [-0.39, 0.29) is 29.5 Å². The number of oxazole rings is 1. The van der Waals surface area contributed by atoms with Gasteiger partial charge in [0.1, 0.15) is 0 Å². The van der Waals surface area contributed by atoms with Gasteiger partial charge in [-0.05, 0) is 38.1 Å². The zero-order valence-electron chi connectivity index (χ0n) is 16.1. The van der Waals surface area contributed by atoms with Crippen LogP contribution in [0.4, 0.5) is 0 Å². The molecule has 0 unspecified atom stereocenters. The lowest BCUT2D eigenvalue weighted by Crippen LogP contribution is -2.50. The van der Waals surface area contributed by atoms with Gasteiger partial charge in [0.05, 0.1) is 15.3 Å². The first-order valence-corrected chi connectivity index (χ1v) is 11.6. The molecule has 3 heterocycles. The number of carbonyl (C=O) groups is 1. The van der Waals surface area contributed by atoms with Gasteiger partial charge in [0, 0.05) is 43.7 Å². The third-order valence-electron chi connectivity index (χ3n) is 5.07. The summed E-state index contributed by atoms with van der Waals surface area (Å²) in [6, 6.07) is 8.18. The summed E-state index contributed by atoms with van der Waals surface area (Å²) >= 11 is 1.44. The molecule has 1 saturated heterocycles. The fraction of sp³-hybridized carbons (Fsp3) is 0.368. The molecule has 8 nitrogen and oxygen atoms in total. The van der Waals surface area contributed by atoms with Crippen LogP contribution in [-0.4, -0.2) is 54.3 Å². The molecule has 0 radical (unpaired) electrons.